The van der Waals surface area contributed by atoms with Gasteiger partial charge in [0, 0.05) is 24.6 Å². The molecule has 1 amide bonds. The Bertz CT molecular complexity index is 829. The number of aromatic amines is 1. The second-order valence-electron chi connectivity index (χ2n) is 6.26. The molecule has 0 aliphatic carbocycles. The normalized spacial score (nSPS) is 12.2. The number of benzene rings is 2. The van der Waals surface area contributed by atoms with Gasteiger partial charge >= 0.3 is 0 Å². The monoisotopic (exact) mass is 337 g/mol. The Hall–Kier alpha value is -2.66. The predicted molar refractivity (Wildman–Crippen MR) is 98.0 cm³/mol. The molecule has 0 saturated carbocycles. The molecule has 3 rings (SSSR count). The molecule has 0 aliphatic rings. The smallest absolute Gasteiger partial charge is 0.229 e. The summed E-state index contributed by atoms with van der Waals surface area (Å²) in [5.74, 6) is 0.0270. The van der Waals surface area contributed by atoms with Gasteiger partial charge in [-0.25, -0.2) is 0 Å². The van der Waals surface area contributed by atoms with E-state index in [1.54, 1.807) is 0 Å². The largest absolute Gasteiger partial charge is 0.396 e. The maximum atomic E-state index is 13.0. The molecule has 0 radical (unpaired) electrons. The van der Waals surface area contributed by atoms with E-state index in [4.69, 9.17) is 0 Å². The molecule has 1 heterocycles. The molecule has 1 aromatic heterocycles. The number of carbonyl (C=O) groups is 1. The molecule has 0 saturated heterocycles. The number of aromatic nitrogens is 2. The highest BCUT2D eigenvalue weighted by molar-refractivity contribution is 5.87. The van der Waals surface area contributed by atoms with Crippen molar-refractivity contribution in [2.45, 2.75) is 32.4 Å². The van der Waals surface area contributed by atoms with Crippen molar-refractivity contribution in [1.82, 2.24) is 15.1 Å². The Morgan fingerprint density at radius 1 is 1.16 bits per heavy atom. The first-order valence-electron chi connectivity index (χ1n) is 8.55. The Balaban J connectivity index is 1.80. The molecule has 2 N–H and O–H groups in total. The van der Waals surface area contributed by atoms with Crippen molar-refractivity contribution in [2.24, 2.45) is 0 Å². The SMILES string of the molecule is CC(CCO)N(Cc1ccccc1)C(=O)Cc1[nH]nc2ccccc12. The fourth-order valence-electron chi connectivity index (χ4n) is 3.01. The van der Waals surface area contributed by atoms with Gasteiger partial charge < -0.3 is 10.0 Å². The van der Waals surface area contributed by atoms with Crippen LogP contribution >= 0.6 is 0 Å². The first-order chi connectivity index (χ1) is 12.2. The third-order valence-corrected chi connectivity index (χ3v) is 4.46. The summed E-state index contributed by atoms with van der Waals surface area (Å²) in [6.07, 6.45) is 0.825. The summed E-state index contributed by atoms with van der Waals surface area (Å²) in [7, 11) is 0. The van der Waals surface area contributed by atoms with Crippen molar-refractivity contribution in [1.29, 1.82) is 0 Å². The van der Waals surface area contributed by atoms with E-state index in [1.165, 1.54) is 0 Å². The zero-order chi connectivity index (χ0) is 17.6. The summed E-state index contributed by atoms with van der Waals surface area (Å²) in [6, 6.07) is 17.7. The number of hydrogen-bond acceptors (Lipinski definition) is 3. The van der Waals surface area contributed by atoms with Crippen LogP contribution in [0.3, 0.4) is 0 Å². The standard InChI is InChI=1S/C20H23N3O2/c1-15(11-12-24)23(14-16-7-3-2-4-8-16)20(25)13-19-17-9-5-6-10-18(17)21-22-19/h2-10,15,24H,11-14H2,1H3,(H,21,22). The number of H-pyrrole nitrogens is 1. The molecule has 0 bridgehead atoms. The number of aliphatic hydroxyl groups is 1. The lowest BCUT2D eigenvalue weighted by atomic mass is 10.1. The molecule has 0 aliphatic heterocycles. The minimum atomic E-state index is -0.0353. The summed E-state index contributed by atoms with van der Waals surface area (Å²) >= 11 is 0. The second-order valence-corrected chi connectivity index (χ2v) is 6.26. The third kappa shape index (κ3) is 4.06. The van der Waals surface area contributed by atoms with Gasteiger partial charge in [-0.15, -0.1) is 0 Å². The number of para-hydroxylation sites is 1. The first-order valence-corrected chi connectivity index (χ1v) is 8.55. The van der Waals surface area contributed by atoms with Gasteiger partial charge in [-0.3, -0.25) is 9.89 Å². The summed E-state index contributed by atoms with van der Waals surface area (Å²) in [5, 5.41) is 17.5. The Labute approximate surface area is 147 Å². The number of nitrogens with one attached hydrogen (secondary N) is 1. The van der Waals surface area contributed by atoms with E-state index in [2.05, 4.69) is 10.2 Å². The van der Waals surface area contributed by atoms with Crippen LogP contribution in [0.5, 0.6) is 0 Å². The maximum absolute atomic E-state index is 13.0. The fourth-order valence-corrected chi connectivity index (χ4v) is 3.01. The highest BCUT2D eigenvalue weighted by Gasteiger charge is 2.21. The van der Waals surface area contributed by atoms with E-state index < -0.39 is 0 Å². The topological polar surface area (TPSA) is 69.2 Å². The molecule has 2 aromatic carbocycles. The van der Waals surface area contributed by atoms with Crippen LogP contribution in [0.2, 0.25) is 0 Å². The number of amides is 1. The number of rotatable bonds is 7. The van der Waals surface area contributed by atoms with E-state index in [-0.39, 0.29) is 25.0 Å². The Morgan fingerprint density at radius 2 is 1.88 bits per heavy atom. The number of aliphatic hydroxyl groups excluding tert-OH is 1. The molecule has 5 heteroatoms. The average Bonchev–Trinajstić information content (AvgIpc) is 3.04. The van der Waals surface area contributed by atoms with Crippen LogP contribution in [0.4, 0.5) is 0 Å². The number of carbonyl (C=O) groups excluding carboxylic acids is 1. The van der Waals surface area contributed by atoms with Crippen LogP contribution in [0.1, 0.15) is 24.6 Å². The van der Waals surface area contributed by atoms with Gasteiger partial charge in [0.25, 0.3) is 0 Å². The highest BCUT2D eigenvalue weighted by atomic mass is 16.3. The molecule has 1 unspecified atom stereocenters. The lowest BCUT2D eigenvalue weighted by Crippen LogP contribution is -2.39. The van der Waals surface area contributed by atoms with Crippen LogP contribution < -0.4 is 0 Å². The summed E-state index contributed by atoms with van der Waals surface area (Å²) < 4.78 is 0. The summed E-state index contributed by atoms with van der Waals surface area (Å²) in [4.78, 5) is 14.8. The lowest BCUT2D eigenvalue weighted by Gasteiger charge is -2.29. The molecule has 0 spiro atoms. The number of hydrogen-bond donors (Lipinski definition) is 2. The van der Waals surface area contributed by atoms with Gasteiger partial charge in [-0.1, -0.05) is 48.5 Å². The van der Waals surface area contributed by atoms with Gasteiger partial charge in [0.15, 0.2) is 0 Å². The van der Waals surface area contributed by atoms with Gasteiger partial charge in [0.1, 0.15) is 0 Å². The van der Waals surface area contributed by atoms with Crippen LogP contribution in [-0.2, 0) is 17.8 Å². The highest BCUT2D eigenvalue weighted by Crippen LogP contribution is 2.18. The summed E-state index contributed by atoms with van der Waals surface area (Å²) in [5.41, 5.74) is 2.77. The molecule has 3 aromatic rings. The van der Waals surface area contributed by atoms with Gasteiger partial charge in [-0.2, -0.15) is 5.10 Å². The van der Waals surface area contributed by atoms with E-state index in [1.807, 2.05) is 66.4 Å². The molecular weight excluding hydrogens is 314 g/mol. The van der Waals surface area contributed by atoms with E-state index in [9.17, 15) is 9.90 Å². The molecule has 1 atom stereocenters. The van der Waals surface area contributed by atoms with Crippen molar-refractivity contribution in [3.63, 3.8) is 0 Å². The Morgan fingerprint density at radius 3 is 2.64 bits per heavy atom. The van der Waals surface area contributed by atoms with E-state index in [0.717, 1.165) is 22.2 Å². The quantitative estimate of drug-likeness (QED) is 0.696. The van der Waals surface area contributed by atoms with E-state index in [0.29, 0.717) is 13.0 Å². The van der Waals surface area contributed by atoms with Crippen LogP contribution in [0.25, 0.3) is 10.9 Å². The first kappa shape index (κ1) is 17.2. The van der Waals surface area contributed by atoms with Crippen molar-refractivity contribution < 1.29 is 9.90 Å². The van der Waals surface area contributed by atoms with Crippen molar-refractivity contribution in [3.05, 3.63) is 65.9 Å². The van der Waals surface area contributed by atoms with Gasteiger partial charge in [0.05, 0.1) is 17.6 Å². The summed E-state index contributed by atoms with van der Waals surface area (Å²) in [6.45, 7) is 2.57. The minimum absolute atomic E-state index is 0.0270. The third-order valence-electron chi connectivity index (χ3n) is 4.46. The zero-order valence-electron chi connectivity index (χ0n) is 14.4. The van der Waals surface area contributed by atoms with Crippen LogP contribution in [-0.4, -0.2) is 38.8 Å². The average molecular weight is 337 g/mol. The molecule has 25 heavy (non-hydrogen) atoms. The van der Waals surface area contributed by atoms with Gasteiger partial charge in [0.2, 0.25) is 5.91 Å². The van der Waals surface area contributed by atoms with Crippen LogP contribution in [0, 0.1) is 0 Å². The number of nitrogens with zero attached hydrogens (tertiary/aromatic N) is 2. The molecule has 5 nitrogen and oxygen atoms in total. The second kappa shape index (κ2) is 7.94. The Kier molecular flexibility index (Phi) is 5.46. The van der Waals surface area contributed by atoms with Gasteiger partial charge in [-0.05, 0) is 25.0 Å². The zero-order valence-corrected chi connectivity index (χ0v) is 14.4. The van der Waals surface area contributed by atoms with Crippen molar-refractivity contribution in [2.75, 3.05) is 6.61 Å². The van der Waals surface area contributed by atoms with Crippen molar-refractivity contribution in [3.8, 4) is 0 Å². The molecule has 0 fully saturated rings. The number of fused-ring (bicyclic) bond motifs is 1. The molecular formula is C20H23N3O2. The van der Waals surface area contributed by atoms with Crippen molar-refractivity contribution >= 4 is 16.8 Å². The lowest BCUT2D eigenvalue weighted by molar-refractivity contribution is -0.133. The minimum Gasteiger partial charge on any atom is -0.396 e. The maximum Gasteiger partial charge on any atom is 0.229 e. The molecule has 130 valence electrons. The van der Waals surface area contributed by atoms with E-state index >= 15 is 0 Å². The predicted octanol–water partition coefficient (Wildman–Crippen LogP) is 2.91. The van der Waals surface area contributed by atoms with Crippen LogP contribution in [0.15, 0.2) is 54.6 Å². The fraction of sp³-hybridized carbons (Fsp3) is 0.300.